The van der Waals surface area contributed by atoms with Crippen molar-refractivity contribution in [2.45, 2.75) is 19.9 Å². The number of fused-ring (bicyclic) bond motifs is 1. The molecule has 5 nitrogen and oxygen atoms in total. The number of carbonyl (C=O) groups excluding carboxylic acids is 1. The normalized spacial score (nSPS) is 14.0. The summed E-state index contributed by atoms with van der Waals surface area (Å²) in [6, 6.07) is 4.45. The number of H-pyrrole nitrogens is 1. The quantitative estimate of drug-likeness (QED) is 0.839. The number of anilines is 1. The van der Waals surface area contributed by atoms with Crippen molar-refractivity contribution in [3.05, 3.63) is 47.3 Å². The molecule has 0 spiro atoms. The molecule has 2 amide bonds. The molecule has 0 atom stereocenters. The van der Waals surface area contributed by atoms with E-state index in [1.807, 2.05) is 0 Å². The van der Waals surface area contributed by atoms with Crippen molar-refractivity contribution >= 4 is 11.7 Å². The molecule has 2 N–H and O–H groups in total. The minimum atomic E-state index is -0.322. The first-order valence-electron chi connectivity index (χ1n) is 6.46. The van der Waals surface area contributed by atoms with Crippen LogP contribution in [0.15, 0.2) is 24.5 Å². The Bertz CT molecular complexity index is 652. The number of rotatable bonds is 1. The van der Waals surface area contributed by atoms with Crippen molar-refractivity contribution in [1.82, 2.24) is 14.9 Å². The van der Waals surface area contributed by atoms with Gasteiger partial charge in [0.15, 0.2) is 0 Å². The number of aryl methyl sites for hydroxylation is 1. The maximum atomic E-state index is 13.4. The van der Waals surface area contributed by atoms with Crippen LogP contribution in [-0.2, 0) is 13.0 Å². The molecule has 20 heavy (non-hydrogen) atoms. The summed E-state index contributed by atoms with van der Waals surface area (Å²) in [5.74, 6) is -0.322. The van der Waals surface area contributed by atoms with Crippen molar-refractivity contribution in [2.75, 3.05) is 11.9 Å². The van der Waals surface area contributed by atoms with Crippen LogP contribution in [0, 0.1) is 12.7 Å². The Kier molecular flexibility index (Phi) is 3.14. The first-order valence-corrected chi connectivity index (χ1v) is 6.46. The Balaban J connectivity index is 1.69. The van der Waals surface area contributed by atoms with Crippen LogP contribution in [0.2, 0.25) is 0 Å². The number of hydrogen-bond donors (Lipinski definition) is 2. The lowest BCUT2D eigenvalue weighted by Crippen LogP contribution is -2.38. The van der Waals surface area contributed by atoms with Crippen LogP contribution in [0.4, 0.5) is 14.9 Å². The van der Waals surface area contributed by atoms with Crippen LogP contribution < -0.4 is 5.32 Å². The molecule has 104 valence electrons. The largest absolute Gasteiger partial charge is 0.347 e. The SMILES string of the molecule is Cc1ccc(NC(=O)N2CCc3nc[nH]c3C2)cc1F. The standard InChI is InChI=1S/C14H15FN4O/c1-9-2-3-10(6-11(9)15)18-14(20)19-5-4-12-13(7-19)17-8-16-12/h2-3,6,8H,4-5,7H2,1H3,(H,16,17)(H,18,20). The number of imidazole rings is 1. The third-order valence-corrected chi connectivity index (χ3v) is 3.49. The first kappa shape index (κ1) is 12.7. The van der Waals surface area contributed by atoms with Crippen LogP contribution in [0.5, 0.6) is 0 Å². The molecule has 0 bridgehead atoms. The summed E-state index contributed by atoms with van der Waals surface area (Å²) in [5, 5.41) is 2.72. The zero-order valence-electron chi connectivity index (χ0n) is 11.1. The van der Waals surface area contributed by atoms with E-state index >= 15 is 0 Å². The number of nitrogens with zero attached hydrogens (tertiary/aromatic N) is 2. The smallest absolute Gasteiger partial charge is 0.322 e. The fourth-order valence-corrected chi connectivity index (χ4v) is 2.26. The van der Waals surface area contributed by atoms with E-state index < -0.39 is 0 Å². The molecule has 3 rings (SSSR count). The maximum absolute atomic E-state index is 13.4. The number of benzene rings is 1. The highest BCUT2D eigenvalue weighted by Gasteiger charge is 2.22. The monoisotopic (exact) mass is 274 g/mol. The Morgan fingerprint density at radius 1 is 1.50 bits per heavy atom. The van der Waals surface area contributed by atoms with Gasteiger partial charge in [0.1, 0.15) is 5.82 Å². The molecule has 1 aromatic carbocycles. The summed E-state index contributed by atoms with van der Waals surface area (Å²) >= 11 is 0. The van der Waals surface area contributed by atoms with Crippen LogP contribution in [0.3, 0.4) is 0 Å². The summed E-state index contributed by atoms with van der Waals surface area (Å²) in [6.07, 6.45) is 2.37. The van der Waals surface area contributed by atoms with Gasteiger partial charge in [-0.15, -0.1) is 0 Å². The van der Waals surface area contributed by atoms with Crippen LogP contribution in [-0.4, -0.2) is 27.4 Å². The fourth-order valence-electron chi connectivity index (χ4n) is 2.26. The van der Waals surface area contributed by atoms with E-state index in [1.54, 1.807) is 30.3 Å². The zero-order valence-corrected chi connectivity index (χ0v) is 11.1. The fraction of sp³-hybridized carbons (Fsp3) is 0.286. The van der Waals surface area contributed by atoms with Gasteiger partial charge in [0.25, 0.3) is 0 Å². The molecule has 1 aliphatic heterocycles. The summed E-state index contributed by atoms with van der Waals surface area (Å²) in [4.78, 5) is 21.1. The molecule has 0 fully saturated rings. The number of hydrogen-bond acceptors (Lipinski definition) is 2. The highest BCUT2D eigenvalue weighted by molar-refractivity contribution is 5.89. The molecule has 1 aromatic heterocycles. The summed E-state index contributed by atoms with van der Waals surface area (Å²) < 4.78 is 13.4. The van der Waals surface area contributed by atoms with Crippen molar-refractivity contribution in [3.63, 3.8) is 0 Å². The number of nitrogens with one attached hydrogen (secondary N) is 2. The van der Waals surface area contributed by atoms with Crippen LogP contribution in [0.1, 0.15) is 17.0 Å². The predicted molar refractivity (Wildman–Crippen MR) is 72.9 cm³/mol. The van der Waals surface area contributed by atoms with Gasteiger partial charge in [-0.1, -0.05) is 6.07 Å². The molecule has 0 unspecified atom stereocenters. The Morgan fingerprint density at radius 2 is 2.35 bits per heavy atom. The second-order valence-electron chi connectivity index (χ2n) is 4.89. The molecular formula is C14H15FN4O. The average Bonchev–Trinajstić information content (AvgIpc) is 2.90. The van der Waals surface area contributed by atoms with Crippen molar-refractivity contribution < 1.29 is 9.18 Å². The molecule has 1 aliphatic rings. The van der Waals surface area contributed by atoms with Gasteiger partial charge in [-0.3, -0.25) is 0 Å². The minimum absolute atomic E-state index is 0.228. The molecule has 0 saturated heterocycles. The number of urea groups is 1. The summed E-state index contributed by atoms with van der Waals surface area (Å²) in [5.41, 5.74) is 2.99. The minimum Gasteiger partial charge on any atom is -0.347 e. The van der Waals surface area contributed by atoms with Crippen LogP contribution in [0.25, 0.3) is 0 Å². The average molecular weight is 274 g/mol. The van der Waals surface area contributed by atoms with Gasteiger partial charge in [0.05, 0.1) is 24.3 Å². The summed E-state index contributed by atoms with van der Waals surface area (Å²) in [6.45, 7) is 2.79. The Morgan fingerprint density at radius 3 is 3.15 bits per heavy atom. The van der Waals surface area contributed by atoms with E-state index in [0.717, 1.165) is 17.8 Å². The molecule has 0 saturated carbocycles. The van der Waals surface area contributed by atoms with E-state index in [0.29, 0.717) is 24.3 Å². The second-order valence-corrected chi connectivity index (χ2v) is 4.89. The summed E-state index contributed by atoms with van der Waals surface area (Å²) in [7, 11) is 0. The van der Waals surface area contributed by atoms with Gasteiger partial charge in [-0.05, 0) is 24.6 Å². The van der Waals surface area contributed by atoms with E-state index in [-0.39, 0.29) is 11.8 Å². The van der Waals surface area contributed by atoms with Gasteiger partial charge >= 0.3 is 6.03 Å². The molecule has 0 radical (unpaired) electrons. The third-order valence-electron chi connectivity index (χ3n) is 3.49. The molecular weight excluding hydrogens is 259 g/mol. The Labute approximate surface area is 115 Å². The van der Waals surface area contributed by atoms with E-state index in [9.17, 15) is 9.18 Å². The first-order chi connectivity index (χ1) is 9.63. The lowest BCUT2D eigenvalue weighted by Gasteiger charge is -2.26. The molecule has 2 heterocycles. The topological polar surface area (TPSA) is 61.0 Å². The van der Waals surface area contributed by atoms with Crippen LogP contribution >= 0.6 is 0 Å². The van der Waals surface area contributed by atoms with E-state index in [2.05, 4.69) is 15.3 Å². The maximum Gasteiger partial charge on any atom is 0.322 e. The number of aromatic amines is 1. The lowest BCUT2D eigenvalue weighted by atomic mass is 10.1. The molecule has 6 heteroatoms. The van der Waals surface area contributed by atoms with Crippen molar-refractivity contribution in [1.29, 1.82) is 0 Å². The van der Waals surface area contributed by atoms with Gasteiger partial charge < -0.3 is 15.2 Å². The molecule has 2 aromatic rings. The van der Waals surface area contributed by atoms with Gasteiger partial charge in [0, 0.05) is 18.7 Å². The van der Waals surface area contributed by atoms with E-state index in [4.69, 9.17) is 0 Å². The van der Waals surface area contributed by atoms with Crippen molar-refractivity contribution in [3.8, 4) is 0 Å². The zero-order chi connectivity index (χ0) is 14.1. The number of amides is 2. The third kappa shape index (κ3) is 2.36. The van der Waals surface area contributed by atoms with E-state index in [1.165, 1.54) is 6.07 Å². The predicted octanol–water partition coefficient (Wildman–Crippen LogP) is 2.45. The second kappa shape index (κ2) is 4.96. The van der Waals surface area contributed by atoms with Gasteiger partial charge in [0.2, 0.25) is 0 Å². The highest BCUT2D eigenvalue weighted by Crippen LogP contribution is 2.18. The van der Waals surface area contributed by atoms with Gasteiger partial charge in [-0.25, -0.2) is 14.2 Å². The number of carbonyl (C=O) groups is 1. The highest BCUT2D eigenvalue weighted by atomic mass is 19.1. The van der Waals surface area contributed by atoms with Gasteiger partial charge in [-0.2, -0.15) is 0 Å². The number of aromatic nitrogens is 2. The molecule has 0 aliphatic carbocycles. The van der Waals surface area contributed by atoms with Crippen molar-refractivity contribution in [2.24, 2.45) is 0 Å². The number of halogens is 1. The lowest BCUT2D eigenvalue weighted by molar-refractivity contribution is 0.205. The Hall–Kier alpha value is -2.37.